The number of hydrogen-bond donors (Lipinski definition) is 1. The van der Waals surface area contributed by atoms with Crippen molar-refractivity contribution in [3.8, 4) is 11.5 Å². The van der Waals surface area contributed by atoms with Gasteiger partial charge in [0.1, 0.15) is 11.5 Å². The summed E-state index contributed by atoms with van der Waals surface area (Å²) in [4.78, 5) is 23.3. The van der Waals surface area contributed by atoms with Crippen LogP contribution in [0.15, 0.2) is 53.5 Å². The lowest BCUT2D eigenvalue weighted by Crippen LogP contribution is -2.52. The number of hydrogen-bond acceptors (Lipinski definition) is 5. The van der Waals surface area contributed by atoms with Crippen LogP contribution in [0.25, 0.3) is 0 Å². The van der Waals surface area contributed by atoms with E-state index in [1.54, 1.807) is 21.3 Å². The first-order valence-electron chi connectivity index (χ1n) is 10.8. The summed E-state index contributed by atoms with van der Waals surface area (Å²) in [5, 5.41) is 3.20. The molecule has 1 saturated heterocycles. The first-order valence-corrected chi connectivity index (χ1v) is 10.8. The van der Waals surface area contributed by atoms with Gasteiger partial charge in [-0.1, -0.05) is 18.2 Å². The van der Waals surface area contributed by atoms with Gasteiger partial charge in [-0.2, -0.15) is 0 Å². The summed E-state index contributed by atoms with van der Waals surface area (Å²) < 4.78 is 10.8. The topological polar surface area (TPSA) is 69.6 Å². The highest BCUT2D eigenvalue weighted by Crippen LogP contribution is 2.25. The Morgan fingerprint density at radius 2 is 1.78 bits per heavy atom. The predicted octanol–water partition coefficient (Wildman–Crippen LogP) is 2.06. The SMILES string of the molecule is CN=C(NCC(=O)N1CCN(c2ccccc2)CC1)N(C)Cc1ccc(OC)cc1OC. The number of piperazine rings is 1. The second kappa shape index (κ2) is 11.3. The Kier molecular flexibility index (Phi) is 8.19. The number of methoxy groups -OCH3 is 2. The van der Waals surface area contributed by atoms with Crippen molar-refractivity contribution >= 4 is 17.6 Å². The van der Waals surface area contributed by atoms with Crippen molar-refractivity contribution in [3.05, 3.63) is 54.1 Å². The number of para-hydroxylation sites is 1. The fourth-order valence-corrected chi connectivity index (χ4v) is 3.82. The third kappa shape index (κ3) is 5.84. The Morgan fingerprint density at radius 1 is 1.06 bits per heavy atom. The number of carbonyl (C=O) groups excluding carboxylic acids is 1. The van der Waals surface area contributed by atoms with E-state index in [0.717, 1.165) is 30.2 Å². The summed E-state index contributed by atoms with van der Waals surface area (Å²) in [5.74, 6) is 2.22. The Hall–Kier alpha value is -3.42. The minimum atomic E-state index is 0.0780. The predicted molar refractivity (Wildman–Crippen MR) is 128 cm³/mol. The normalized spacial score (nSPS) is 14.2. The highest BCUT2D eigenvalue weighted by molar-refractivity contribution is 5.86. The van der Waals surface area contributed by atoms with Gasteiger partial charge in [-0.3, -0.25) is 9.79 Å². The standard InChI is InChI=1S/C24H33N5O3/c1-25-24(27(2)18-19-10-11-21(31-3)16-22(19)32-4)26-17-23(30)29-14-12-28(13-15-29)20-8-6-5-7-9-20/h5-11,16H,12-15,17-18H2,1-4H3,(H,25,26). The molecule has 0 atom stereocenters. The molecule has 0 radical (unpaired) electrons. The highest BCUT2D eigenvalue weighted by atomic mass is 16.5. The first-order chi connectivity index (χ1) is 15.5. The molecule has 1 aliphatic rings. The molecule has 0 bridgehead atoms. The lowest BCUT2D eigenvalue weighted by molar-refractivity contribution is -0.130. The van der Waals surface area contributed by atoms with Crippen LogP contribution in [0.1, 0.15) is 5.56 Å². The van der Waals surface area contributed by atoms with Gasteiger partial charge in [-0.15, -0.1) is 0 Å². The van der Waals surface area contributed by atoms with Gasteiger partial charge in [-0.25, -0.2) is 0 Å². The van der Waals surface area contributed by atoms with Gasteiger partial charge in [-0.05, 0) is 24.3 Å². The van der Waals surface area contributed by atoms with Crippen molar-refractivity contribution in [1.82, 2.24) is 15.1 Å². The Labute approximate surface area is 190 Å². The Balaban J connectivity index is 1.50. The molecule has 1 amide bonds. The number of anilines is 1. The van der Waals surface area contributed by atoms with Gasteiger partial charge in [0.2, 0.25) is 5.91 Å². The number of rotatable bonds is 7. The zero-order chi connectivity index (χ0) is 22.9. The van der Waals surface area contributed by atoms with E-state index in [9.17, 15) is 4.79 Å². The minimum Gasteiger partial charge on any atom is -0.497 e. The number of guanidine groups is 1. The van der Waals surface area contributed by atoms with Gasteiger partial charge in [0.15, 0.2) is 5.96 Å². The van der Waals surface area contributed by atoms with Crippen LogP contribution < -0.4 is 19.7 Å². The molecule has 3 rings (SSSR count). The van der Waals surface area contributed by atoms with E-state index in [1.165, 1.54) is 5.69 Å². The molecule has 0 spiro atoms. The van der Waals surface area contributed by atoms with Gasteiger partial charge in [0, 0.05) is 64.1 Å². The zero-order valence-corrected chi connectivity index (χ0v) is 19.4. The summed E-state index contributed by atoms with van der Waals surface area (Å²) >= 11 is 0. The van der Waals surface area contributed by atoms with Crippen molar-refractivity contribution in [3.63, 3.8) is 0 Å². The number of benzene rings is 2. The summed E-state index contributed by atoms with van der Waals surface area (Å²) in [6.45, 7) is 3.89. The number of nitrogens with zero attached hydrogens (tertiary/aromatic N) is 4. The molecule has 1 heterocycles. The van der Waals surface area contributed by atoms with Crippen LogP contribution in [0.4, 0.5) is 5.69 Å². The molecule has 2 aromatic rings. The van der Waals surface area contributed by atoms with Crippen molar-refractivity contribution < 1.29 is 14.3 Å². The summed E-state index contributed by atoms with van der Waals surface area (Å²) in [7, 11) is 6.92. The van der Waals surface area contributed by atoms with E-state index in [0.29, 0.717) is 25.6 Å². The van der Waals surface area contributed by atoms with Crippen molar-refractivity contribution in [2.45, 2.75) is 6.54 Å². The number of nitrogens with one attached hydrogen (secondary N) is 1. The maximum Gasteiger partial charge on any atom is 0.242 e. The number of amides is 1. The van der Waals surface area contributed by atoms with Crippen LogP contribution in [0, 0.1) is 0 Å². The third-order valence-electron chi connectivity index (χ3n) is 5.63. The van der Waals surface area contributed by atoms with Crippen LogP contribution in [-0.2, 0) is 11.3 Å². The van der Waals surface area contributed by atoms with Crippen LogP contribution >= 0.6 is 0 Å². The second-order valence-electron chi connectivity index (χ2n) is 7.64. The quantitative estimate of drug-likeness (QED) is 0.526. The van der Waals surface area contributed by atoms with E-state index < -0.39 is 0 Å². The van der Waals surface area contributed by atoms with Gasteiger partial charge < -0.3 is 29.5 Å². The molecule has 1 N–H and O–H groups in total. The lowest BCUT2D eigenvalue weighted by atomic mass is 10.2. The number of carbonyl (C=O) groups is 1. The fraction of sp³-hybridized carbons (Fsp3) is 0.417. The maximum absolute atomic E-state index is 12.8. The Morgan fingerprint density at radius 3 is 2.41 bits per heavy atom. The lowest BCUT2D eigenvalue weighted by Gasteiger charge is -2.36. The van der Waals surface area contributed by atoms with E-state index in [-0.39, 0.29) is 12.5 Å². The van der Waals surface area contributed by atoms with Crippen LogP contribution in [0.2, 0.25) is 0 Å². The van der Waals surface area contributed by atoms with E-state index in [4.69, 9.17) is 9.47 Å². The molecule has 8 nitrogen and oxygen atoms in total. The van der Waals surface area contributed by atoms with Gasteiger partial charge in [0.05, 0.1) is 20.8 Å². The van der Waals surface area contributed by atoms with Crippen LogP contribution in [0.5, 0.6) is 11.5 Å². The summed E-state index contributed by atoms with van der Waals surface area (Å²) in [5.41, 5.74) is 2.20. The maximum atomic E-state index is 12.8. The molecule has 0 saturated carbocycles. The molecule has 0 aromatic heterocycles. The molecule has 8 heteroatoms. The molecular formula is C24H33N5O3. The molecule has 1 aliphatic heterocycles. The second-order valence-corrected chi connectivity index (χ2v) is 7.64. The van der Waals surface area contributed by atoms with E-state index >= 15 is 0 Å². The zero-order valence-electron chi connectivity index (χ0n) is 19.4. The molecule has 1 fully saturated rings. The molecular weight excluding hydrogens is 406 g/mol. The molecule has 0 aliphatic carbocycles. The largest absolute Gasteiger partial charge is 0.497 e. The van der Waals surface area contributed by atoms with Crippen molar-refractivity contribution in [1.29, 1.82) is 0 Å². The summed E-state index contributed by atoms with van der Waals surface area (Å²) in [6.07, 6.45) is 0. The van der Waals surface area contributed by atoms with Crippen molar-refractivity contribution in [2.75, 3.05) is 65.9 Å². The minimum absolute atomic E-state index is 0.0780. The van der Waals surface area contributed by atoms with E-state index in [1.807, 2.05) is 53.2 Å². The molecule has 2 aromatic carbocycles. The fourth-order valence-electron chi connectivity index (χ4n) is 3.82. The van der Waals surface area contributed by atoms with Crippen LogP contribution in [0.3, 0.4) is 0 Å². The Bertz CT molecular complexity index is 911. The molecule has 32 heavy (non-hydrogen) atoms. The van der Waals surface area contributed by atoms with Crippen molar-refractivity contribution in [2.24, 2.45) is 4.99 Å². The first kappa shape index (κ1) is 23.2. The van der Waals surface area contributed by atoms with Crippen LogP contribution in [-0.4, -0.2) is 82.7 Å². The molecule has 172 valence electrons. The highest BCUT2D eigenvalue weighted by Gasteiger charge is 2.21. The van der Waals surface area contributed by atoms with Gasteiger partial charge in [0.25, 0.3) is 0 Å². The average Bonchev–Trinajstić information content (AvgIpc) is 2.85. The third-order valence-corrected chi connectivity index (χ3v) is 5.63. The summed E-state index contributed by atoms with van der Waals surface area (Å²) in [6, 6.07) is 16.1. The average molecular weight is 440 g/mol. The monoisotopic (exact) mass is 439 g/mol. The number of aliphatic imine (C=N–C) groups is 1. The smallest absolute Gasteiger partial charge is 0.242 e. The van der Waals surface area contributed by atoms with Gasteiger partial charge >= 0.3 is 0 Å². The number of ether oxygens (including phenoxy) is 2. The molecule has 0 unspecified atom stereocenters. The van der Waals surface area contributed by atoms with E-state index in [2.05, 4.69) is 27.3 Å².